The molecule has 4 fully saturated rings. The molecule has 164 valence electrons. The Morgan fingerprint density at radius 3 is 2.60 bits per heavy atom. The quantitative estimate of drug-likeness (QED) is 0.559. The van der Waals surface area contributed by atoms with E-state index >= 15 is 0 Å². The molecule has 0 aromatic heterocycles. The number of carbonyl (C=O) groups is 1. The molecule has 1 aromatic carbocycles. The second-order valence-electron chi connectivity index (χ2n) is 11.2. The van der Waals surface area contributed by atoms with Crippen molar-refractivity contribution in [3.8, 4) is 5.75 Å². The van der Waals surface area contributed by atoms with Gasteiger partial charge in [-0.1, -0.05) is 19.9 Å². The summed E-state index contributed by atoms with van der Waals surface area (Å²) >= 11 is 0. The Morgan fingerprint density at radius 1 is 1.27 bits per heavy atom. The van der Waals surface area contributed by atoms with E-state index in [-0.39, 0.29) is 30.1 Å². The van der Waals surface area contributed by atoms with Crippen LogP contribution < -0.4 is 0 Å². The Hall–Kier alpha value is -1.53. The van der Waals surface area contributed by atoms with E-state index in [1.807, 2.05) is 33.8 Å². The van der Waals surface area contributed by atoms with Gasteiger partial charge >= 0.3 is 13.1 Å². The lowest BCUT2D eigenvalue weighted by Gasteiger charge is -2.64. The van der Waals surface area contributed by atoms with E-state index in [0.29, 0.717) is 17.8 Å². The van der Waals surface area contributed by atoms with Gasteiger partial charge in [-0.2, -0.15) is 0 Å². The molecule has 0 spiro atoms. The van der Waals surface area contributed by atoms with Gasteiger partial charge in [0, 0.05) is 0 Å². The summed E-state index contributed by atoms with van der Waals surface area (Å²) in [5.41, 5.74) is 1.53. The first kappa shape index (κ1) is 21.7. The van der Waals surface area contributed by atoms with E-state index in [2.05, 4.69) is 20.8 Å². The number of aromatic hydroxyl groups is 1. The number of rotatable bonds is 4. The van der Waals surface area contributed by atoms with Crippen molar-refractivity contribution in [1.29, 1.82) is 0 Å². The number of carbonyl (C=O) groups excluding carboxylic acids is 1. The van der Waals surface area contributed by atoms with Crippen LogP contribution in [0, 0.1) is 24.2 Å². The SMILES string of the molecule is Cc1c(CCB2OC3CC4CC(C4(C)C)[C@]3(C)O2)ccc(O)c1C(=O)OC(C)(C)C. The summed E-state index contributed by atoms with van der Waals surface area (Å²) in [4.78, 5) is 12.6. The number of hydrogen-bond donors (Lipinski definition) is 1. The molecule has 1 saturated heterocycles. The lowest BCUT2D eigenvalue weighted by molar-refractivity contribution is -0.199. The second-order valence-corrected chi connectivity index (χ2v) is 11.2. The average Bonchev–Trinajstić information content (AvgIpc) is 2.95. The molecule has 0 radical (unpaired) electrons. The maximum absolute atomic E-state index is 12.6. The van der Waals surface area contributed by atoms with Crippen LogP contribution in [0.2, 0.25) is 6.32 Å². The molecule has 3 aliphatic carbocycles. The van der Waals surface area contributed by atoms with Crippen LogP contribution in [0.15, 0.2) is 12.1 Å². The molecule has 4 aliphatic rings. The predicted molar refractivity (Wildman–Crippen MR) is 117 cm³/mol. The first-order valence-electron chi connectivity index (χ1n) is 11.2. The van der Waals surface area contributed by atoms with E-state index < -0.39 is 11.6 Å². The van der Waals surface area contributed by atoms with Crippen molar-refractivity contribution in [2.75, 3.05) is 0 Å². The molecule has 30 heavy (non-hydrogen) atoms. The Balaban J connectivity index is 1.45. The normalized spacial score (nSPS) is 31.8. The molecule has 1 N–H and O–H groups in total. The summed E-state index contributed by atoms with van der Waals surface area (Å²) in [6, 6.07) is 3.46. The minimum Gasteiger partial charge on any atom is -0.507 e. The summed E-state index contributed by atoms with van der Waals surface area (Å²) in [7, 11) is -0.228. The van der Waals surface area contributed by atoms with Gasteiger partial charge < -0.3 is 19.2 Å². The molecule has 3 unspecified atom stereocenters. The van der Waals surface area contributed by atoms with Crippen molar-refractivity contribution in [1.82, 2.24) is 0 Å². The standard InChI is InChI=1S/C24H35BO5/c1-14-15(8-9-17(26)20(14)21(27)28-22(2,3)4)10-11-25-29-19-13-16-12-18(23(16,5)6)24(19,7)30-25/h8-9,16,18-19,26H,10-13H2,1-7H3/t16?,18?,19?,24-/m0/s1. The molecule has 2 bridgehead atoms. The molecule has 0 amide bonds. The lowest BCUT2D eigenvalue weighted by atomic mass is 9.43. The number of aryl methyl sites for hydroxylation is 1. The number of benzene rings is 1. The number of phenolic OH excluding ortho intramolecular Hbond substituents is 1. The van der Waals surface area contributed by atoms with Gasteiger partial charge in [0.1, 0.15) is 16.9 Å². The first-order valence-corrected chi connectivity index (χ1v) is 11.2. The smallest absolute Gasteiger partial charge is 0.457 e. The van der Waals surface area contributed by atoms with Gasteiger partial charge in [-0.05, 0) is 94.6 Å². The highest BCUT2D eigenvalue weighted by Crippen LogP contribution is 2.65. The molecule has 6 heteroatoms. The van der Waals surface area contributed by atoms with Crippen LogP contribution in [-0.4, -0.2) is 35.5 Å². The molecule has 4 atom stereocenters. The van der Waals surface area contributed by atoms with Crippen LogP contribution in [-0.2, 0) is 20.5 Å². The van der Waals surface area contributed by atoms with Gasteiger partial charge in [-0.15, -0.1) is 0 Å². The van der Waals surface area contributed by atoms with E-state index in [1.165, 1.54) is 6.42 Å². The van der Waals surface area contributed by atoms with E-state index in [9.17, 15) is 9.90 Å². The van der Waals surface area contributed by atoms with Crippen LogP contribution in [0.4, 0.5) is 0 Å². The van der Waals surface area contributed by atoms with Crippen molar-refractivity contribution in [3.05, 3.63) is 28.8 Å². The first-order chi connectivity index (χ1) is 13.8. The van der Waals surface area contributed by atoms with E-state index in [0.717, 1.165) is 29.8 Å². The third-order valence-electron chi connectivity index (χ3n) is 7.81. The van der Waals surface area contributed by atoms with Crippen molar-refractivity contribution in [2.45, 2.75) is 91.4 Å². The summed E-state index contributed by atoms with van der Waals surface area (Å²) in [6.07, 6.45) is 3.94. The van der Waals surface area contributed by atoms with Crippen molar-refractivity contribution >= 4 is 13.1 Å². The zero-order valence-corrected chi connectivity index (χ0v) is 19.4. The summed E-state index contributed by atoms with van der Waals surface area (Å²) < 4.78 is 18.3. The predicted octanol–water partition coefficient (Wildman–Crippen LogP) is 4.93. The van der Waals surface area contributed by atoms with Gasteiger partial charge in [0.05, 0.1) is 11.7 Å². The minimum atomic E-state index is -0.613. The number of ether oxygens (including phenoxy) is 1. The monoisotopic (exact) mass is 414 g/mol. The molecule has 1 heterocycles. The molecule has 1 aliphatic heterocycles. The second kappa shape index (κ2) is 6.99. The highest BCUT2D eigenvalue weighted by Gasteiger charge is 2.67. The molecule has 3 saturated carbocycles. The van der Waals surface area contributed by atoms with Crippen LogP contribution in [0.5, 0.6) is 5.75 Å². The van der Waals surface area contributed by atoms with Gasteiger partial charge in [0.25, 0.3) is 0 Å². The lowest BCUT2D eigenvalue weighted by Crippen LogP contribution is -2.65. The summed E-state index contributed by atoms with van der Waals surface area (Å²) in [5.74, 6) is 0.749. The van der Waals surface area contributed by atoms with Gasteiger partial charge in [-0.25, -0.2) is 4.79 Å². The fourth-order valence-corrected chi connectivity index (χ4v) is 5.95. The highest BCUT2D eigenvalue weighted by atomic mass is 16.7. The molecular formula is C24H35BO5. The minimum absolute atomic E-state index is 0.0422. The van der Waals surface area contributed by atoms with Crippen LogP contribution in [0.1, 0.15) is 75.9 Å². The Labute approximate surface area is 180 Å². The fourth-order valence-electron chi connectivity index (χ4n) is 5.95. The van der Waals surface area contributed by atoms with Crippen LogP contribution in [0.3, 0.4) is 0 Å². The number of hydrogen-bond acceptors (Lipinski definition) is 5. The molecule has 5 rings (SSSR count). The fraction of sp³-hybridized carbons (Fsp3) is 0.708. The highest BCUT2D eigenvalue weighted by molar-refractivity contribution is 6.45. The Kier molecular flexibility index (Phi) is 5.06. The maximum atomic E-state index is 12.6. The summed E-state index contributed by atoms with van der Waals surface area (Å²) in [6.45, 7) is 14.3. The van der Waals surface area contributed by atoms with E-state index in [1.54, 1.807) is 6.07 Å². The summed E-state index contributed by atoms with van der Waals surface area (Å²) in [5, 5.41) is 10.3. The van der Waals surface area contributed by atoms with Gasteiger partial charge in [0.15, 0.2) is 0 Å². The van der Waals surface area contributed by atoms with Crippen molar-refractivity contribution in [3.63, 3.8) is 0 Å². The largest absolute Gasteiger partial charge is 0.507 e. The third kappa shape index (κ3) is 3.46. The topological polar surface area (TPSA) is 65.0 Å². The van der Waals surface area contributed by atoms with Crippen molar-refractivity contribution < 1.29 is 23.9 Å². The zero-order chi connectivity index (χ0) is 22.1. The van der Waals surface area contributed by atoms with Gasteiger partial charge in [0.2, 0.25) is 0 Å². The Bertz CT molecular complexity index is 858. The molecule has 5 nitrogen and oxygen atoms in total. The third-order valence-corrected chi connectivity index (χ3v) is 7.81. The number of esters is 1. The Morgan fingerprint density at radius 2 is 1.97 bits per heavy atom. The zero-order valence-electron chi connectivity index (χ0n) is 19.4. The maximum Gasteiger partial charge on any atom is 0.457 e. The van der Waals surface area contributed by atoms with Gasteiger partial charge in [-0.3, -0.25) is 0 Å². The molecular weight excluding hydrogens is 379 g/mol. The number of phenols is 1. The van der Waals surface area contributed by atoms with E-state index in [4.69, 9.17) is 14.0 Å². The van der Waals surface area contributed by atoms with Crippen LogP contribution >= 0.6 is 0 Å². The average molecular weight is 414 g/mol. The van der Waals surface area contributed by atoms with Crippen LogP contribution in [0.25, 0.3) is 0 Å². The van der Waals surface area contributed by atoms with Crippen molar-refractivity contribution in [2.24, 2.45) is 17.3 Å². The molecule has 1 aromatic rings.